The van der Waals surface area contributed by atoms with E-state index in [1.165, 1.54) is 6.20 Å². The summed E-state index contributed by atoms with van der Waals surface area (Å²) in [5, 5.41) is 11.7. The van der Waals surface area contributed by atoms with E-state index in [0.29, 0.717) is 36.9 Å². The molecule has 1 N–H and O–H groups in total. The molecule has 0 unspecified atom stereocenters. The first-order chi connectivity index (χ1) is 9.58. The Bertz CT molecular complexity index is 481. The van der Waals surface area contributed by atoms with Crippen LogP contribution in [-0.4, -0.2) is 40.4 Å². The van der Waals surface area contributed by atoms with Crippen LogP contribution in [0.25, 0.3) is 0 Å². The molecule has 1 heterocycles. The number of carbonyl (C=O) groups is 1. The molecule has 0 spiro atoms. The number of carbonyl (C=O) groups excluding carboxylic acids is 1. The van der Waals surface area contributed by atoms with Gasteiger partial charge in [-0.1, -0.05) is 13.8 Å². The number of rotatable bonds is 7. The third-order valence-corrected chi connectivity index (χ3v) is 2.58. The number of hydrogen-bond acceptors (Lipinski definition) is 5. The first kappa shape index (κ1) is 15.9. The van der Waals surface area contributed by atoms with Gasteiger partial charge in [-0.05, 0) is 12.8 Å². The number of hydrogen-bond donors (Lipinski definition) is 1. The van der Waals surface area contributed by atoms with Crippen molar-refractivity contribution in [2.75, 3.05) is 25.0 Å². The molecular formula is C14H21N5O. The quantitative estimate of drug-likeness (QED) is 0.822. The Kier molecular flexibility index (Phi) is 6.44. The van der Waals surface area contributed by atoms with Crippen molar-refractivity contribution >= 4 is 11.7 Å². The van der Waals surface area contributed by atoms with Gasteiger partial charge in [0, 0.05) is 19.6 Å². The molecule has 0 fully saturated rings. The molecule has 1 amide bonds. The average Bonchev–Trinajstić information content (AvgIpc) is 2.43. The third kappa shape index (κ3) is 4.84. The molecule has 1 aromatic rings. The lowest BCUT2D eigenvalue weighted by molar-refractivity contribution is 0.0733. The first-order valence-corrected chi connectivity index (χ1v) is 6.80. The summed E-state index contributed by atoms with van der Waals surface area (Å²) in [5.41, 5.74) is 0.307. The molecule has 1 aromatic heterocycles. The van der Waals surface area contributed by atoms with Crippen LogP contribution in [0.2, 0.25) is 0 Å². The van der Waals surface area contributed by atoms with Crippen LogP contribution in [0.15, 0.2) is 12.4 Å². The molecule has 0 aliphatic heterocycles. The van der Waals surface area contributed by atoms with Crippen LogP contribution in [0.4, 0.5) is 5.82 Å². The molecule has 0 aliphatic carbocycles. The Morgan fingerprint density at radius 3 is 2.85 bits per heavy atom. The zero-order chi connectivity index (χ0) is 15.0. The molecule has 0 atom stereocenters. The topological polar surface area (TPSA) is 81.9 Å². The van der Waals surface area contributed by atoms with E-state index >= 15 is 0 Å². The summed E-state index contributed by atoms with van der Waals surface area (Å²) < 4.78 is 0. The van der Waals surface area contributed by atoms with Crippen LogP contribution >= 0.6 is 0 Å². The van der Waals surface area contributed by atoms with Gasteiger partial charge in [0.25, 0.3) is 5.91 Å². The second-order valence-electron chi connectivity index (χ2n) is 4.87. The molecule has 0 aliphatic rings. The van der Waals surface area contributed by atoms with Gasteiger partial charge in [0.15, 0.2) is 0 Å². The Labute approximate surface area is 119 Å². The van der Waals surface area contributed by atoms with Crippen molar-refractivity contribution in [3.63, 3.8) is 0 Å². The van der Waals surface area contributed by atoms with E-state index in [1.807, 2.05) is 20.8 Å². The van der Waals surface area contributed by atoms with Gasteiger partial charge in [-0.3, -0.25) is 9.78 Å². The van der Waals surface area contributed by atoms with Crippen molar-refractivity contribution in [1.29, 1.82) is 5.26 Å². The van der Waals surface area contributed by atoms with E-state index in [2.05, 4.69) is 21.4 Å². The van der Waals surface area contributed by atoms with E-state index in [9.17, 15) is 4.79 Å². The molecule has 108 valence electrons. The van der Waals surface area contributed by atoms with Gasteiger partial charge in [0.05, 0.1) is 24.9 Å². The summed E-state index contributed by atoms with van der Waals surface area (Å²) in [7, 11) is 0. The molecule has 20 heavy (non-hydrogen) atoms. The van der Waals surface area contributed by atoms with Gasteiger partial charge >= 0.3 is 0 Å². The summed E-state index contributed by atoms with van der Waals surface area (Å²) in [6.45, 7) is 7.76. The van der Waals surface area contributed by atoms with E-state index in [-0.39, 0.29) is 5.91 Å². The standard InChI is InChI=1S/C14H21N5O/c1-4-17-13-9-16-8-12(18-13)14(20)19(7-5-6-15)10-11(2)3/h8-9,11H,4-5,7,10H2,1-3H3,(H,17,18). The Balaban J connectivity index is 2.87. The molecule has 0 aromatic carbocycles. The minimum Gasteiger partial charge on any atom is -0.369 e. The lowest BCUT2D eigenvalue weighted by Crippen LogP contribution is -2.35. The average molecular weight is 275 g/mol. The monoisotopic (exact) mass is 275 g/mol. The maximum atomic E-state index is 12.4. The number of aromatic nitrogens is 2. The van der Waals surface area contributed by atoms with Crippen molar-refractivity contribution in [3.8, 4) is 6.07 Å². The molecular weight excluding hydrogens is 254 g/mol. The Hall–Kier alpha value is -2.16. The number of nitriles is 1. The zero-order valence-corrected chi connectivity index (χ0v) is 12.3. The smallest absolute Gasteiger partial charge is 0.274 e. The fraction of sp³-hybridized carbons (Fsp3) is 0.571. The Morgan fingerprint density at radius 2 is 2.25 bits per heavy atom. The number of nitrogens with zero attached hydrogens (tertiary/aromatic N) is 4. The maximum Gasteiger partial charge on any atom is 0.274 e. The van der Waals surface area contributed by atoms with Gasteiger partial charge in [-0.2, -0.15) is 5.26 Å². The van der Waals surface area contributed by atoms with Crippen molar-refractivity contribution in [3.05, 3.63) is 18.1 Å². The largest absolute Gasteiger partial charge is 0.369 e. The minimum absolute atomic E-state index is 0.179. The van der Waals surface area contributed by atoms with Crippen LogP contribution < -0.4 is 5.32 Å². The third-order valence-electron chi connectivity index (χ3n) is 2.58. The number of nitrogens with one attached hydrogen (secondary N) is 1. The molecule has 0 bridgehead atoms. The highest BCUT2D eigenvalue weighted by Gasteiger charge is 2.18. The minimum atomic E-state index is -0.179. The van der Waals surface area contributed by atoms with Crippen molar-refractivity contribution in [2.24, 2.45) is 5.92 Å². The van der Waals surface area contributed by atoms with Crippen LogP contribution in [0.1, 0.15) is 37.7 Å². The molecule has 0 radical (unpaired) electrons. The zero-order valence-electron chi connectivity index (χ0n) is 12.3. The van der Waals surface area contributed by atoms with E-state index in [1.54, 1.807) is 11.1 Å². The predicted octanol–water partition coefficient (Wildman–Crippen LogP) is 1.92. The Morgan fingerprint density at radius 1 is 1.50 bits per heavy atom. The highest BCUT2D eigenvalue weighted by molar-refractivity contribution is 5.92. The molecule has 0 saturated carbocycles. The summed E-state index contributed by atoms with van der Waals surface area (Å²) in [6, 6.07) is 2.07. The van der Waals surface area contributed by atoms with Crippen molar-refractivity contribution in [1.82, 2.24) is 14.9 Å². The summed E-state index contributed by atoms with van der Waals surface area (Å²) in [6.07, 6.45) is 3.37. The van der Waals surface area contributed by atoms with Gasteiger partial charge in [-0.25, -0.2) is 4.98 Å². The van der Waals surface area contributed by atoms with Gasteiger partial charge < -0.3 is 10.2 Å². The highest BCUT2D eigenvalue weighted by atomic mass is 16.2. The predicted molar refractivity (Wildman–Crippen MR) is 77.2 cm³/mol. The molecule has 6 heteroatoms. The highest BCUT2D eigenvalue weighted by Crippen LogP contribution is 2.08. The van der Waals surface area contributed by atoms with Crippen molar-refractivity contribution in [2.45, 2.75) is 27.2 Å². The summed E-state index contributed by atoms with van der Waals surface area (Å²) >= 11 is 0. The van der Waals surface area contributed by atoms with Gasteiger partial charge in [0.2, 0.25) is 0 Å². The van der Waals surface area contributed by atoms with Crippen LogP contribution in [-0.2, 0) is 0 Å². The fourth-order valence-corrected chi connectivity index (χ4v) is 1.80. The molecule has 1 rings (SSSR count). The van der Waals surface area contributed by atoms with Crippen LogP contribution in [0.5, 0.6) is 0 Å². The van der Waals surface area contributed by atoms with E-state index in [0.717, 1.165) is 6.54 Å². The fourth-order valence-electron chi connectivity index (χ4n) is 1.80. The van der Waals surface area contributed by atoms with E-state index < -0.39 is 0 Å². The maximum absolute atomic E-state index is 12.4. The van der Waals surface area contributed by atoms with Crippen LogP contribution in [0.3, 0.4) is 0 Å². The van der Waals surface area contributed by atoms with Gasteiger partial charge in [0.1, 0.15) is 11.5 Å². The lowest BCUT2D eigenvalue weighted by Gasteiger charge is -2.23. The van der Waals surface area contributed by atoms with Crippen LogP contribution in [0, 0.1) is 17.2 Å². The summed E-state index contributed by atoms with van der Waals surface area (Å²) in [4.78, 5) is 22.4. The molecule has 6 nitrogen and oxygen atoms in total. The lowest BCUT2D eigenvalue weighted by atomic mass is 10.2. The van der Waals surface area contributed by atoms with Gasteiger partial charge in [-0.15, -0.1) is 0 Å². The normalized spacial score (nSPS) is 10.2. The van der Waals surface area contributed by atoms with E-state index in [4.69, 9.17) is 5.26 Å². The number of anilines is 1. The SMILES string of the molecule is CCNc1cncc(C(=O)N(CCC#N)CC(C)C)n1. The number of amides is 1. The molecule has 0 saturated heterocycles. The summed E-state index contributed by atoms with van der Waals surface area (Å²) in [5.74, 6) is 0.742. The first-order valence-electron chi connectivity index (χ1n) is 6.80. The van der Waals surface area contributed by atoms with Crippen molar-refractivity contribution < 1.29 is 4.79 Å². The second kappa shape index (κ2) is 8.10. The second-order valence-corrected chi connectivity index (χ2v) is 4.87.